The normalized spacial score (nSPS) is 14.8. The van der Waals surface area contributed by atoms with Crippen LogP contribution in [0.25, 0.3) is 10.9 Å². The van der Waals surface area contributed by atoms with E-state index in [0.29, 0.717) is 11.9 Å². The van der Waals surface area contributed by atoms with Gasteiger partial charge in [0.15, 0.2) is 0 Å². The van der Waals surface area contributed by atoms with Crippen molar-refractivity contribution in [3.63, 3.8) is 0 Å². The van der Waals surface area contributed by atoms with Gasteiger partial charge >= 0.3 is 0 Å². The Kier molecular flexibility index (Phi) is 5.74. The summed E-state index contributed by atoms with van der Waals surface area (Å²) in [4.78, 5) is 30.7. The number of hydrogen-bond donors (Lipinski definition) is 2. The van der Waals surface area contributed by atoms with Crippen molar-refractivity contribution in [2.75, 3.05) is 26.3 Å². The third-order valence-corrected chi connectivity index (χ3v) is 5.24. The van der Waals surface area contributed by atoms with Crippen LogP contribution in [0.3, 0.4) is 0 Å². The number of rotatable bonds is 5. The number of H-pyrrole nitrogens is 1. The zero-order chi connectivity index (χ0) is 20.2. The molecule has 2 heterocycles. The SMILES string of the molecule is Cc1ccc2[nH]cc(C(=O)NCc3cccc(CN4CCOCC4)c3)c(=O)c2c1. The minimum atomic E-state index is -0.367. The molecule has 1 fully saturated rings. The summed E-state index contributed by atoms with van der Waals surface area (Å²) in [6, 6.07) is 13.8. The molecule has 0 spiro atoms. The molecule has 2 N–H and O–H groups in total. The Bertz CT molecular complexity index is 1080. The number of hydrogen-bond acceptors (Lipinski definition) is 4. The fourth-order valence-corrected chi connectivity index (χ4v) is 3.63. The zero-order valence-electron chi connectivity index (χ0n) is 16.5. The minimum absolute atomic E-state index is 0.132. The summed E-state index contributed by atoms with van der Waals surface area (Å²) in [5.74, 6) is -0.367. The van der Waals surface area contributed by atoms with Crippen LogP contribution in [0.5, 0.6) is 0 Å². The lowest BCUT2D eigenvalue weighted by Crippen LogP contribution is -2.35. The molecule has 1 aliphatic heterocycles. The summed E-state index contributed by atoms with van der Waals surface area (Å²) in [6.07, 6.45) is 1.49. The molecule has 4 rings (SSSR count). The van der Waals surface area contributed by atoms with Crippen LogP contribution in [0.2, 0.25) is 0 Å². The number of pyridine rings is 1. The average molecular weight is 391 g/mol. The summed E-state index contributed by atoms with van der Waals surface area (Å²) in [5, 5.41) is 3.41. The second kappa shape index (κ2) is 8.59. The van der Waals surface area contributed by atoms with E-state index in [1.807, 2.05) is 31.2 Å². The van der Waals surface area contributed by atoms with Crippen LogP contribution >= 0.6 is 0 Å². The van der Waals surface area contributed by atoms with Gasteiger partial charge in [-0.05, 0) is 30.2 Å². The van der Waals surface area contributed by atoms with E-state index < -0.39 is 0 Å². The highest BCUT2D eigenvalue weighted by atomic mass is 16.5. The van der Waals surface area contributed by atoms with E-state index in [1.165, 1.54) is 11.8 Å². The van der Waals surface area contributed by atoms with Crippen LogP contribution in [0, 0.1) is 6.92 Å². The first-order valence-corrected chi connectivity index (χ1v) is 9.88. The number of aryl methyl sites for hydroxylation is 1. The highest BCUT2D eigenvalue weighted by Crippen LogP contribution is 2.12. The number of aromatic amines is 1. The molecule has 1 aromatic heterocycles. The van der Waals surface area contributed by atoms with Crippen molar-refractivity contribution >= 4 is 16.8 Å². The second-order valence-corrected chi connectivity index (χ2v) is 7.47. The average Bonchev–Trinajstić information content (AvgIpc) is 2.74. The van der Waals surface area contributed by atoms with E-state index in [2.05, 4.69) is 27.3 Å². The molecule has 1 saturated heterocycles. The van der Waals surface area contributed by atoms with Crippen LogP contribution in [0.4, 0.5) is 0 Å². The fourth-order valence-electron chi connectivity index (χ4n) is 3.63. The van der Waals surface area contributed by atoms with Crippen LogP contribution in [0.1, 0.15) is 27.0 Å². The quantitative estimate of drug-likeness (QED) is 0.701. The molecule has 0 aliphatic carbocycles. The van der Waals surface area contributed by atoms with Crippen molar-refractivity contribution in [3.8, 4) is 0 Å². The number of morpholine rings is 1. The van der Waals surface area contributed by atoms with Crippen molar-refractivity contribution in [1.82, 2.24) is 15.2 Å². The third-order valence-electron chi connectivity index (χ3n) is 5.24. The van der Waals surface area contributed by atoms with Gasteiger partial charge in [-0.3, -0.25) is 14.5 Å². The molecule has 6 nitrogen and oxygen atoms in total. The highest BCUT2D eigenvalue weighted by Gasteiger charge is 2.14. The standard InChI is InChI=1S/C23H25N3O3/c1-16-5-6-21-19(11-16)22(27)20(14-24-21)23(28)25-13-17-3-2-4-18(12-17)15-26-7-9-29-10-8-26/h2-6,11-12,14H,7-10,13,15H2,1H3,(H,24,27)(H,25,28). The third kappa shape index (κ3) is 4.55. The molecule has 3 aromatic rings. The van der Waals surface area contributed by atoms with Crippen molar-refractivity contribution in [2.24, 2.45) is 0 Å². The van der Waals surface area contributed by atoms with Gasteiger partial charge in [-0.2, -0.15) is 0 Å². The molecule has 0 atom stereocenters. The molecule has 0 radical (unpaired) electrons. The van der Waals surface area contributed by atoms with Gasteiger partial charge in [-0.1, -0.05) is 35.9 Å². The predicted octanol–water partition coefficient (Wildman–Crippen LogP) is 2.60. The van der Waals surface area contributed by atoms with Gasteiger partial charge < -0.3 is 15.0 Å². The van der Waals surface area contributed by atoms with Gasteiger partial charge in [-0.25, -0.2) is 0 Å². The van der Waals surface area contributed by atoms with Crippen LogP contribution in [0.15, 0.2) is 53.5 Å². The van der Waals surface area contributed by atoms with Crippen molar-refractivity contribution in [1.29, 1.82) is 0 Å². The molecule has 150 valence electrons. The van der Waals surface area contributed by atoms with Gasteiger partial charge in [0.2, 0.25) is 5.43 Å². The molecule has 0 unspecified atom stereocenters. The monoisotopic (exact) mass is 391 g/mol. The molecule has 0 bridgehead atoms. The van der Waals surface area contributed by atoms with E-state index in [4.69, 9.17) is 4.74 Å². The lowest BCUT2D eigenvalue weighted by molar-refractivity contribution is 0.0342. The second-order valence-electron chi connectivity index (χ2n) is 7.47. The number of nitrogens with one attached hydrogen (secondary N) is 2. The number of fused-ring (bicyclic) bond motifs is 1. The van der Waals surface area contributed by atoms with E-state index in [-0.39, 0.29) is 16.9 Å². The number of aromatic nitrogens is 1. The van der Waals surface area contributed by atoms with Gasteiger partial charge in [0, 0.05) is 43.3 Å². The van der Waals surface area contributed by atoms with Crippen molar-refractivity contribution < 1.29 is 9.53 Å². The van der Waals surface area contributed by atoms with Crippen molar-refractivity contribution in [2.45, 2.75) is 20.0 Å². The van der Waals surface area contributed by atoms with Gasteiger partial charge in [0.1, 0.15) is 5.56 Å². The van der Waals surface area contributed by atoms with E-state index in [0.717, 1.165) is 49.5 Å². The molecule has 0 saturated carbocycles. The first-order valence-electron chi connectivity index (χ1n) is 9.88. The smallest absolute Gasteiger partial charge is 0.257 e. The summed E-state index contributed by atoms with van der Waals surface area (Å²) in [7, 11) is 0. The Morgan fingerprint density at radius 1 is 1.14 bits per heavy atom. The van der Waals surface area contributed by atoms with Gasteiger partial charge in [0.25, 0.3) is 5.91 Å². The lowest BCUT2D eigenvalue weighted by Gasteiger charge is -2.26. The number of nitrogens with zero attached hydrogens (tertiary/aromatic N) is 1. The van der Waals surface area contributed by atoms with E-state index >= 15 is 0 Å². The zero-order valence-corrected chi connectivity index (χ0v) is 16.5. The minimum Gasteiger partial charge on any atom is -0.379 e. The maximum atomic E-state index is 12.7. The van der Waals surface area contributed by atoms with E-state index in [1.54, 1.807) is 6.07 Å². The molecule has 6 heteroatoms. The molecular formula is C23H25N3O3. The number of benzene rings is 2. The maximum absolute atomic E-state index is 12.7. The van der Waals surface area contributed by atoms with Crippen LogP contribution in [-0.2, 0) is 17.8 Å². The summed E-state index contributed by atoms with van der Waals surface area (Å²) in [5.41, 5.74) is 3.81. The largest absolute Gasteiger partial charge is 0.379 e. The summed E-state index contributed by atoms with van der Waals surface area (Å²) < 4.78 is 5.39. The number of amides is 1. The Labute approximate surface area is 169 Å². The topological polar surface area (TPSA) is 74.4 Å². The van der Waals surface area contributed by atoms with Crippen LogP contribution < -0.4 is 10.7 Å². The first kappa shape index (κ1) is 19.4. The Balaban J connectivity index is 1.44. The Morgan fingerprint density at radius 3 is 2.76 bits per heavy atom. The molecule has 1 aliphatic rings. The number of carbonyl (C=O) groups is 1. The number of carbonyl (C=O) groups excluding carboxylic acids is 1. The van der Waals surface area contributed by atoms with Gasteiger partial charge in [0.05, 0.1) is 13.2 Å². The van der Waals surface area contributed by atoms with Crippen molar-refractivity contribution in [3.05, 3.63) is 81.1 Å². The Hall–Kier alpha value is -2.96. The maximum Gasteiger partial charge on any atom is 0.257 e. The summed E-state index contributed by atoms with van der Waals surface area (Å²) >= 11 is 0. The van der Waals surface area contributed by atoms with Crippen LogP contribution in [-0.4, -0.2) is 42.1 Å². The lowest BCUT2D eigenvalue weighted by atomic mass is 10.1. The first-order chi connectivity index (χ1) is 14.1. The fraction of sp³-hybridized carbons (Fsp3) is 0.304. The van der Waals surface area contributed by atoms with Gasteiger partial charge in [-0.15, -0.1) is 0 Å². The molecule has 1 amide bonds. The molecular weight excluding hydrogens is 366 g/mol. The number of ether oxygens (including phenoxy) is 1. The van der Waals surface area contributed by atoms with E-state index in [9.17, 15) is 9.59 Å². The highest BCUT2D eigenvalue weighted by molar-refractivity contribution is 5.97. The molecule has 29 heavy (non-hydrogen) atoms. The Morgan fingerprint density at radius 2 is 1.93 bits per heavy atom. The molecule has 2 aromatic carbocycles. The summed E-state index contributed by atoms with van der Waals surface area (Å²) in [6.45, 7) is 6.59. The predicted molar refractivity (Wildman–Crippen MR) is 113 cm³/mol.